The molecule has 2 nitrogen and oxygen atoms in total. The summed E-state index contributed by atoms with van der Waals surface area (Å²) >= 11 is 0. The van der Waals surface area contributed by atoms with E-state index in [-0.39, 0.29) is 0 Å². The van der Waals surface area contributed by atoms with E-state index >= 15 is 0 Å². The summed E-state index contributed by atoms with van der Waals surface area (Å²) in [5.41, 5.74) is 7.44. The van der Waals surface area contributed by atoms with E-state index < -0.39 is 0 Å². The smallest absolute Gasteiger partial charge is 0.0470 e. The molecule has 1 fully saturated rings. The van der Waals surface area contributed by atoms with Crippen LogP contribution >= 0.6 is 0 Å². The zero-order valence-electron chi connectivity index (χ0n) is 12.3. The lowest BCUT2D eigenvalue weighted by molar-refractivity contribution is 0.133. The Bertz CT molecular complexity index is 578. The topological polar surface area (TPSA) is 29.3 Å². The van der Waals surface area contributed by atoms with E-state index in [4.69, 9.17) is 5.73 Å². The Hall–Kier alpha value is -1.38. The number of hydrogen-bond acceptors (Lipinski definition) is 2. The fourth-order valence-electron chi connectivity index (χ4n) is 3.42. The summed E-state index contributed by atoms with van der Waals surface area (Å²) in [5.74, 6) is 0.790. The summed E-state index contributed by atoms with van der Waals surface area (Å²) in [6.07, 6.45) is 2.65. The quantitative estimate of drug-likeness (QED) is 0.922. The molecule has 2 atom stereocenters. The fourth-order valence-corrected chi connectivity index (χ4v) is 3.42. The highest BCUT2D eigenvalue weighted by Crippen LogP contribution is 2.28. The van der Waals surface area contributed by atoms with Crippen molar-refractivity contribution >= 4 is 10.8 Å². The number of likely N-dealkylation sites (tertiary alicyclic amines) is 1. The third kappa shape index (κ3) is 2.72. The van der Waals surface area contributed by atoms with Crippen molar-refractivity contribution in [1.29, 1.82) is 0 Å². The molecule has 106 valence electrons. The zero-order valence-corrected chi connectivity index (χ0v) is 12.3. The van der Waals surface area contributed by atoms with Crippen LogP contribution in [0, 0.1) is 5.92 Å². The summed E-state index contributed by atoms with van der Waals surface area (Å²) in [5, 5.41) is 2.62. The predicted molar refractivity (Wildman–Crippen MR) is 85.7 cm³/mol. The average Bonchev–Trinajstić information content (AvgIpc) is 2.48. The molecule has 1 heterocycles. The van der Waals surface area contributed by atoms with E-state index in [1.807, 2.05) is 0 Å². The maximum absolute atomic E-state index is 6.08. The molecule has 2 heteroatoms. The van der Waals surface area contributed by atoms with E-state index in [0.29, 0.717) is 12.6 Å². The maximum Gasteiger partial charge on any atom is 0.0470 e. The Morgan fingerprint density at radius 3 is 2.75 bits per heavy atom. The van der Waals surface area contributed by atoms with Crippen LogP contribution in [0.4, 0.5) is 0 Å². The van der Waals surface area contributed by atoms with Gasteiger partial charge in [0.2, 0.25) is 0 Å². The van der Waals surface area contributed by atoms with Gasteiger partial charge in [-0.2, -0.15) is 0 Å². The van der Waals surface area contributed by atoms with Crippen molar-refractivity contribution in [2.24, 2.45) is 11.7 Å². The zero-order chi connectivity index (χ0) is 13.9. The second-order valence-electron chi connectivity index (χ2n) is 6.10. The first-order chi connectivity index (χ1) is 9.78. The van der Waals surface area contributed by atoms with Crippen molar-refractivity contribution < 1.29 is 0 Å². The van der Waals surface area contributed by atoms with Crippen LogP contribution in [0.3, 0.4) is 0 Å². The minimum Gasteiger partial charge on any atom is -0.329 e. The average molecular weight is 268 g/mol. The van der Waals surface area contributed by atoms with Crippen molar-refractivity contribution in [3.8, 4) is 0 Å². The van der Waals surface area contributed by atoms with Crippen LogP contribution in [0.2, 0.25) is 0 Å². The lowest BCUT2D eigenvalue weighted by Gasteiger charge is -2.37. The van der Waals surface area contributed by atoms with E-state index in [1.165, 1.54) is 42.3 Å². The van der Waals surface area contributed by atoms with E-state index in [9.17, 15) is 0 Å². The van der Waals surface area contributed by atoms with Gasteiger partial charge < -0.3 is 5.73 Å². The van der Waals surface area contributed by atoms with Gasteiger partial charge in [0.1, 0.15) is 0 Å². The van der Waals surface area contributed by atoms with Gasteiger partial charge in [-0.3, -0.25) is 4.90 Å². The Morgan fingerprint density at radius 2 is 2.00 bits per heavy atom. The van der Waals surface area contributed by atoms with Gasteiger partial charge in [0, 0.05) is 19.1 Å². The largest absolute Gasteiger partial charge is 0.329 e. The van der Waals surface area contributed by atoms with Crippen molar-refractivity contribution in [3.05, 3.63) is 48.0 Å². The van der Waals surface area contributed by atoms with E-state index in [2.05, 4.69) is 54.3 Å². The van der Waals surface area contributed by atoms with Crippen LogP contribution in [-0.4, -0.2) is 24.5 Å². The Morgan fingerprint density at radius 1 is 1.20 bits per heavy atom. The molecule has 1 saturated heterocycles. The van der Waals surface area contributed by atoms with Gasteiger partial charge in [-0.25, -0.2) is 0 Å². The number of nitrogens with two attached hydrogens (primary N) is 1. The van der Waals surface area contributed by atoms with Gasteiger partial charge in [0.15, 0.2) is 0 Å². The maximum atomic E-state index is 6.08. The summed E-state index contributed by atoms with van der Waals surface area (Å²) in [7, 11) is 0. The molecule has 2 aromatic rings. The van der Waals surface area contributed by atoms with E-state index in [0.717, 1.165) is 5.92 Å². The minimum atomic E-state index is 0.363. The Balaban J connectivity index is 1.90. The molecule has 3 rings (SSSR count). The summed E-state index contributed by atoms with van der Waals surface area (Å²) < 4.78 is 0. The van der Waals surface area contributed by atoms with Crippen LogP contribution in [0.5, 0.6) is 0 Å². The van der Waals surface area contributed by atoms with Crippen LogP contribution < -0.4 is 5.73 Å². The second kappa shape index (κ2) is 5.94. The first kappa shape index (κ1) is 13.6. The van der Waals surface area contributed by atoms with Crippen LogP contribution in [-0.2, 0) is 0 Å². The fraction of sp³-hybridized carbons (Fsp3) is 0.444. The van der Waals surface area contributed by atoms with Crippen molar-refractivity contribution in [3.63, 3.8) is 0 Å². The molecule has 0 spiro atoms. The number of benzene rings is 2. The van der Waals surface area contributed by atoms with E-state index in [1.54, 1.807) is 0 Å². The van der Waals surface area contributed by atoms with Gasteiger partial charge in [-0.1, -0.05) is 43.3 Å². The van der Waals surface area contributed by atoms with Crippen molar-refractivity contribution in [2.75, 3.05) is 19.6 Å². The van der Waals surface area contributed by atoms with Crippen LogP contribution in [0.1, 0.15) is 31.4 Å². The third-order valence-corrected chi connectivity index (χ3v) is 4.51. The molecule has 2 aromatic carbocycles. The summed E-state index contributed by atoms with van der Waals surface area (Å²) in [4.78, 5) is 2.57. The van der Waals surface area contributed by atoms with Gasteiger partial charge >= 0.3 is 0 Å². The molecule has 0 aromatic heterocycles. The van der Waals surface area contributed by atoms with Gasteiger partial charge in [0.05, 0.1) is 0 Å². The first-order valence-corrected chi connectivity index (χ1v) is 7.71. The number of nitrogens with zero attached hydrogens (tertiary/aromatic N) is 1. The molecule has 0 aliphatic carbocycles. The predicted octanol–water partition coefficient (Wildman–Crippen LogP) is 3.57. The molecular formula is C18H24N2. The Labute approximate surface area is 121 Å². The highest BCUT2D eigenvalue weighted by molar-refractivity contribution is 5.83. The molecule has 0 saturated carbocycles. The number of fused-ring (bicyclic) bond motifs is 1. The monoisotopic (exact) mass is 268 g/mol. The highest BCUT2D eigenvalue weighted by atomic mass is 15.2. The Kier molecular flexibility index (Phi) is 4.04. The second-order valence-corrected chi connectivity index (χ2v) is 6.10. The minimum absolute atomic E-state index is 0.363. The molecule has 2 unspecified atom stereocenters. The number of piperidine rings is 1. The highest BCUT2D eigenvalue weighted by Gasteiger charge is 2.24. The van der Waals surface area contributed by atoms with Gasteiger partial charge in [0.25, 0.3) is 0 Å². The molecule has 1 aliphatic rings. The van der Waals surface area contributed by atoms with Crippen LogP contribution in [0.15, 0.2) is 42.5 Å². The SMILES string of the molecule is CC1CCCN(C(CN)c2ccc3ccccc3c2)C1. The normalized spacial score (nSPS) is 22.0. The standard InChI is InChI=1S/C18H24N2/c1-14-5-4-10-20(13-14)18(12-19)17-9-8-15-6-2-3-7-16(15)11-17/h2-3,6-9,11,14,18H,4-5,10,12-13,19H2,1H3. The van der Waals surface area contributed by atoms with Crippen molar-refractivity contribution in [2.45, 2.75) is 25.8 Å². The molecular weight excluding hydrogens is 244 g/mol. The van der Waals surface area contributed by atoms with Crippen LogP contribution in [0.25, 0.3) is 10.8 Å². The summed E-state index contributed by atoms with van der Waals surface area (Å²) in [6.45, 7) is 5.40. The molecule has 0 amide bonds. The molecule has 0 bridgehead atoms. The third-order valence-electron chi connectivity index (χ3n) is 4.51. The summed E-state index contributed by atoms with van der Waals surface area (Å²) in [6, 6.07) is 15.7. The molecule has 20 heavy (non-hydrogen) atoms. The van der Waals surface area contributed by atoms with Gasteiger partial charge in [-0.15, -0.1) is 0 Å². The lowest BCUT2D eigenvalue weighted by atomic mass is 9.95. The van der Waals surface area contributed by atoms with Gasteiger partial charge in [-0.05, 0) is 47.7 Å². The lowest BCUT2D eigenvalue weighted by Crippen LogP contribution is -2.40. The number of hydrogen-bond donors (Lipinski definition) is 1. The molecule has 2 N–H and O–H groups in total. The molecule has 1 aliphatic heterocycles. The first-order valence-electron chi connectivity index (χ1n) is 7.71. The molecule has 0 radical (unpaired) electrons. The number of rotatable bonds is 3. The van der Waals surface area contributed by atoms with Crippen molar-refractivity contribution in [1.82, 2.24) is 4.90 Å².